The van der Waals surface area contributed by atoms with Gasteiger partial charge in [0.25, 0.3) is 0 Å². The van der Waals surface area contributed by atoms with E-state index in [9.17, 15) is 9.59 Å². The monoisotopic (exact) mass is 374 g/mol. The summed E-state index contributed by atoms with van der Waals surface area (Å²) in [5.41, 5.74) is 1.98. The number of rotatable bonds is 5. The minimum absolute atomic E-state index is 0.0462. The average Bonchev–Trinajstić information content (AvgIpc) is 3.09. The van der Waals surface area contributed by atoms with Crippen LogP contribution in [0.25, 0.3) is 5.69 Å². The smallest absolute Gasteiger partial charge is 0.230 e. The molecule has 3 rings (SSSR count). The third kappa shape index (κ3) is 4.60. The molecule has 0 saturated carbocycles. The fraction of sp³-hybridized carbons (Fsp3) is 0.471. The van der Waals surface area contributed by atoms with Gasteiger partial charge in [-0.1, -0.05) is 23.9 Å². The number of likely N-dealkylation sites (tertiary alicyclic amines) is 1. The van der Waals surface area contributed by atoms with Crippen LogP contribution in [0, 0.1) is 6.92 Å². The largest absolute Gasteiger partial charge is 0.353 e. The van der Waals surface area contributed by atoms with E-state index >= 15 is 0 Å². The van der Waals surface area contributed by atoms with Gasteiger partial charge in [-0.3, -0.25) is 9.59 Å². The van der Waals surface area contributed by atoms with E-state index in [0.717, 1.165) is 24.1 Å². The number of carbonyl (C=O) groups excluding carboxylic acids is 2. The first-order valence-corrected chi connectivity index (χ1v) is 9.54. The highest BCUT2D eigenvalue weighted by Crippen LogP contribution is 2.19. The minimum Gasteiger partial charge on any atom is -0.353 e. The predicted octanol–water partition coefficient (Wildman–Crippen LogP) is 1.19. The quantitative estimate of drug-likeness (QED) is 0.790. The molecule has 138 valence electrons. The molecule has 1 aromatic carbocycles. The summed E-state index contributed by atoms with van der Waals surface area (Å²) in [6.07, 6.45) is 1.58. The molecule has 2 amide bonds. The van der Waals surface area contributed by atoms with Gasteiger partial charge in [0.15, 0.2) is 0 Å². The highest BCUT2D eigenvalue weighted by Gasteiger charge is 2.22. The van der Waals surface area contributed by atoms with Crippen LogP contribution in [-0.2, 0) is 9.59 Å². The number of aromatic nitrogens is 4. The molecular weight excluding hydrogens is 352 g/mol. The van der Waals surface area contributed by atoms with E-state index in [1.165, 1.54) is 11.8 Å². The van der Waals surface area contributed by atoms with Crippen LogP contribution in [0.3, 0.4) is 0 Å². The van der Waals surface area contributed by atoms with E-state index in [1.807, 2.05) is 36.1 Å². The number of piperidine rings is 1. The van der Waals surface area contributed by atoms with Gasteiger partial charge in [-0.15, -0.1) is 5.10 Å². The molecule has 1 N–H and O–H groups in total. The molecule has 1 saturated heterocycles. The number of aryl methyl sites for hydroxylation is 1. The fourth-order valence-electron chi connectivity index (χ4n) is 2.93. The molecule has 2 heterocycles. The molecule has 0 unspecified atom stereocenters. The van der Waals surface area contributed by atoms with E-state index < -0.39 is 0 Å². The number of hydrogen-bond donors (Lipinski definition) is 1. The summed E-state index contributed by atoms with van der Waals surface area (Å²) in [6, 6.07) is 7.98. The lowest BCUT2D eigenvalue weighted by atomic mass is 10.1. The summed E-state index contributed by atoms with van der Waals surface area (Å²) in [5.74, 6) is 0.294. The van der Waals surface area contributed by atoms with Gasteiger partial charge < -0.3 is 10.2 Å². The number of thioether (sulfide) groups is 1. The second kappa shape index (κ2) is 8.31. The van der Waals surface area contributed by atoms with Gasteiger partial charge in [0.1, 0.15) is 0 Å². The Kier molecular flexibility index (Phi) is 5.87. The minimum atomic E-state index is -0.0462. The average molecular weight is 374 g/mol. The zero-order chi connectivity index (χ0) is 18.5. The number of nitrogens with zero attached hydrogens (tertiary/aromatic N) is 5. The fourth-order valence-corrected chi connectivity index (χ4v) is 3.63. The first-order chi connectivity index (χ1) is 12.5. The lowest BCUT2D eigenvalue weighted by Crippen LogP contribution is -2.46. The van der Waals surface area contributed by atoms with E-state index in [4.69, 9.17) is 0 Å². The summed E-state index contributed by atoms with van der Waals surface area (Å²) < 4.78 is 1.64. The normalized spacial score (nSPS) is 15.1. The van der Waals surface area contributed by atoms with Crippen molar-refractivity contribution < 1.29 is 9.59 Å². The molecule has 8 nitrogen and oxygen atoms in total. The van der Waals surface area contributed by atoms with Crippen molar-refractivity contribution in [1.82, 2.24) is 30.4 Å². The molecule has 1 fully saturated rings. The summed E-state index contributed by atoms with van der Waals surface area (Å²) >= 11 is 1.31. The first kappa shape index (κ1) is 18.4. The van der Waals surface area contributed by atoms with E-state index in [1.54, 1.807) is 11.6 Å². The highest BCUT2D eigenvalue weighted by molar-refractivity contribution is 7.99. The van der Waals surface area contributed by atoms with Crippen molar-refractivity contribution >= 4 is 23.6 Å². The molecule has 0 bridgehead atoms. The second-order valence-corrected chi connectivity index (χ2v) is 7.29. The SMILES string of the molecule is CC(=O)N1CCC(NC(=O)CSc2nnnn2-c2cccc(C)c2)CC1. The third-order valence-electron chi connectivity index (χ3n) is 4.32. The molecule has 26 heavy (non-hydrogen) atoms. The zero-order valence-electron chi connectivity index (χ0n) is 14.9. The van der Waals surface area contributed by atoms with Gasteiger partial charge in [-0.2, -0.15) is 4.68 Å². The lowest BCUT2D eigenvalue weighted by Gasteiger charge is -2.31. The van der Waals surface area contributed by atoms with Crippen LogP contribution in [0.4, 0.5) is 0 Å². The number of tetrazole rings is 1. The number of nitrogens with one attached hydrogen (secondary N) is 1. The van der Waals surface area contributed by atoms with Crippen molar-refractivity contribution in [1.29, 1.82) is 0 Å². The van der Waals surface area contributed by atoms with E-state index in [0.29, 0.717) is 18.2 Å². The molecule has 0 atom stereocenters. The highest BCUT2D eigenvalue weighted by atomic mass is 32.2. The third-order valence-corrected chi connectivity index (χ3v) is 5.24. The standard InChI is InChI=1S/C17H22N6O2S/c1-12-4-3-5-15(10-12)23-17(19-20-21-23)26-11-16(25)18-14-6-8-22(9-7-14)13(2)24/h3-5,10,14H,6-9,11H2,1-2H3,(H,18,25). The van der Waals surface area contributed by atoms with Gasteiger partial charge >= 0.3 is 0 Å². The number of hydrogen-bond acceptors (Lipinski definition) is 6. The van der Waals surface area contributed by atoms with Crippen molar-refractivity contribution in [2.75, 3.05) is 18.8 Å². The number of benzene rings is 1. The number of carbonyl (C=O) groups is 2. The van der Waals surface area contributed by atoms with Gasteiger partial charge in [-0.25, -0.2) is 0 Å². The molecule has 1 aliphatic heterocycles. The van der Waals surface area contributed by atoms with Crippen LogP contribution in [-0.4, -0.2) is 61.8 Å². The Balaban J connectivity index is 1.52. The van der Waals surface area contributed by atoms with E-state index in [2.05, 4.69) is 20.8 Å². The maximum absolute atomic E-state index is 12.2. The molecular formula is C17H22N6O2S. The van der Waals surface area contributed by atoms with Crippen LogP contribution >= 0.6 is 11.8 Å². The van der Waals surface area contributed by atoms with Crippen LogP contribution in [0.1, 0.15) is 25.3 Å². The maximum atomic E-state index is 12.2. The molecule has 1 aliphatic rings. The van der Waals surface area contributed by atoms with Gasteiger partial charge in [0.2, 0.25) is 17.0 Å². The van der Waals surface area contributed by atoms with Gasteiger partial charge in [-0.05, 0) is 47.9 Å². The van der Waals surface area contributed by atoms with Crippen LogP contribution < -0.4 is 5.32 Å². The molecule has 0 radical (unpaired) electrons. The second-order valence-electron chi connectivity index (χ2n) is 6.35. The molecule has 9 heteroatoms. The molecule has 0 aliphatic carbocycles. The topological polar surface area (TPSA) is 93.0 Å². The van der Waals surface area contributed by atoms with Crippen molar-refractivity contribution in [2.24, 2.45) is 0 Å². The summed E-state index contributed by atoms with van der Waals surface area (Å²) in [4.78, 5) is 25.4. The summed E-state index contributed by atoms with van der Waals surface area (Å²) in [6.45, 7) is 4.97. The summed E-state index contributed by atoms with van der Waals surface area (Å²) in [7, 11) is 0. The Hall–Kier alpha value is -2.42. The Bertz CT molecular complexity index is 785. The lowest BCUT2D eigenvalue weighted by molar-refractivity contribution is -0.130. The summed E-state index contributed by atoms with van der Waals surface area (Å²) in [5, 5.41) is 15.4. The Morgan fingerprint density at radius 1 is 1.31 bits per heavy atom. The first-order valence-electron chi connectivity index (χ1n) is 8.56. The van der Waals surface area contributed by atoms with Crippen molar-refractivity contribution in [3.63, 3.8) is 0 Å². The Morgan fingerprint density at radius 3 is 2.77 bits per heavy atom. The van der Waals surface area contributed by atoms with Gasteiger partial charge in [0, 0.05) is 26.1 Å². The van der Waals surface area contributed by atoms with Crippen molar-refractivity contribution in [3.05, 3.63) is 29.8 Å². The van der Waals surface area contributed by atoms with Gasteiger partial charge in [0.05, 0.1) is 11.4 Å². The predicted molar refractivity (Wildman–Crippen MR) is 98.0 cm³/mol. The Labute approximate surface area is 156 Å². The van der Waals surface area contributed by atoms with Crippen molar-refractivity contribution in [2.45, 2.75) is 37.9 Å². The van der Waals surface area contributed by atoms with E-state index in [-0.39, 0.29) is 23.6 Å². The van der Waals surface area contributed by atoms with Crippen LogP contribution in [0.2, 0.25) is 0 Å². The van der Waals surface area contributed by atoms with Crippen molar-refractivity contribution in [3.8, 4) is 5.69 Å². The van der Waals surface area contributed by atoms with Crippen LogP contribution in [0.15, 0.2) is 29.4 Å². The Morgan fingerprint density at radius 2 is 2.08 bits per heavy atom. The molecule has 2 aromatic rings. The maximum Gasteiger partial charge on any atom is 0.230 e. The van der Waals surface area contributed by atoms with Crippen LogP contribution in [0.5, 0.6) is 0 Å². The molecule has 1 aromatic heterocycles. The zero-order valence-corrected chi connectivity index (χ0v) is 15.7. The molecule has 0 spiro atoms. The number of amides is 2.